The Morgan fingerprint density at radius 2 is 1.80 bits per heavy atom. The van der Waals surface area contributed by atoms with Gasteiger partial charge in [-0.3, -0.25) is 4.79 Å². The maximum atomic E-state index is 10.4. The molecule has 0 fully saturated rings. The molecule has 0 unspecified atom stereocenters. The summed E-state index contributed by atoms with van der Waals surface area (Å²) in [6.07, 6.45) is 0.462. The molecule has 2 aromatic carbocycles. The minimum atomic E-state index is -0.851. The number of carboxylic acids is 1. The predicted molar refractivity (Wildman–Crippen MR) is 75.9 cm³/mol. The number of hydrogen-bond donors (Lipinski definition) is 2. The molecule has 0 saturated heterocycles. The number of aliphatic carboxylic acids is 1. The third-order valence-electron chi connectivity index (χ3n) is 2.86. The van der Waals surface area contributed by atoms with Gasteiger partial charge in [-0.05, 0) is 29.7 Å². The van der Waals surface area contributed by atoms with Crippen LogP contribution in [0.4, 0.5) is 0 Å². The van der Waals surface area contributed by atoms with E-state index < -0.39 is 5.97 Å². The highest BCUT2D eigenvalue weighted by Gasteiger charge is 2.06. The quantitative estimate of drug-likeness (QED) is 0.792. The highest BCUT2D eigenvalue weighted by atomic mass is 16.5. The second kappa shape index (κ2) is 6.61. The predicted octanol–water partition coefficient (Wildman–Crippen LogP) is 3.30. The number of hydrogen-bond acceptors (Lipinski definition) is 3. The molecule has 0 spiro atoms. The Morgan fingerprint density at radius 3 is 2.50 bits per heavy atom. The lowest BCUT2D eigenvalue weighted by atomic mass is 10.1. The molecule has 0 amide bonds. The highest BCUT2D eigenvalue weighted by molar-refractivity contribution is 5.67. The van der Waals surface area contributed by atoms with Gasteiger partial charge in [-0.2, -0.15) is 0 Å². The van der Waals surface area contributed by atoms with Gasteiger partial charge in [0.1, 0.15) is 0 Å². The fourth-order valence-electron chi connectivity index (χ4n) is 1.85. The van der Waals surface area contributed by atoms with Gasteiger partial charge >= 0.3 is 5.97 Å². The molecular weight excluding hydrogens is 256 g/mol. The zero-order valence-electron chi connectivity index (χ0n) is 11.0. The minimum Gasteiger partial charge on any atom is -0.504 e. The Morgan fingerprint density at radius 1 is 1.05 bits per heavy atom. The third-order valence-corrected chi connectivity index (χ3v) is 2.86. The fourth-order valence-corrected chi connectivity index (χ4v) is 1.85. The van der Waals surface area contributed by atoms with Crippen molar-refractivity contribution in [3.63, 3.8) is 0 Å². The zero-order valence-corrected chi connectivity index (χ0v) is 11.0. The van der Waals surface area contributed by atoms with Gasteiger partial charge < -0.3 is 14.9 Å². The first-order valence-corrected chi connectivity index (χ1v) is 6.40. The van der Waals surface area contributed by atoms with Crippen LogP contribution in [0.25, 0.3) is 11.1 Å². The van der Waals surface area contributed by atoms with Crippen molar-refractivity contribution >= 4 is 5.97 Å². The second-order valence-corrected chi connectivity index (χ2v) is 4.39. The van der Waals surface area contributed by atoms with Crippen LogP contribution in [-0.2, 0) is 4.79 Å². The molecule has 4 heteroatoms. The summed E-state index contributed by atoms with van der Waals surface area (Å²) in [7, 11) is 0. The Kier molecular flexibility index (Phi) is 4.60. The summed E-state index contributed by atoms with van der Waals surface area (Å²) in [5.41, 5.74) is 1.97. The molecule has 4 nitrogen and oxygen atoms in total. The van der Waals surface area contributed by atoms with Gasteiger partial charge in [0.2, 0.25) is 0 Å². The van der Waals surface area contributed by atoms with Gasteiger partial charge in [-0.1, -0.05) is 36.4 Å². The van der Waals surface area contributed by atoms with Crippen molar-refractivity contribution in [1.29, 1.82) is 0 Å². The van der Waals surface area contributed by atoms with E-state index in [1.54, 1.807) is 12.1 Å². The molecule has 0 radical (unpaired) electrons. The molecule has 0 bridgehead atoms. The number of aromatic hydroxyl groups is 1. The van der Waals surface area contributed by atoms with Gasteiger partial charge in [-0.15, -0.1) is 0 Å². The molecule has 2 rings (SSSR count). The number of phenols is 1. The standard InChI is InChI=1S/C16H16O4/c17-14-9-8-13(12-5-2-1-3-6-12)11-15(14)20-10-4-7-16(18)19/h1-3,5-6,8-9,11,17H,4,7,10H2,(H,18,19). The van der Waals surface area contributed by atoms with E-state index in [4.69, 9.17) is 9.84 Å². The van der Waals surface area contributed by atoms with Crippen LogP contribution in [-0.4, -0.2) is 22.8 Å². The molecule has 0 aliphatic heterocycles. The van der Waals surface area contributed by atoms with Crippen molar-refractivity contribution in [2.24, 2.45) is 0 Å². The number of carbonyl (C=O) groups is 1. The van der Waals surface area contributed by atoms with Crippen LogP contribution in [0.5, 0.6) is 11.5 Å². The molecule has 2 aromatic rings. The van der Waals surface area contributed by atoms with Gasteiger partial charge in [0.25, 0.3) is 0 Å². The van der Waals surface area contributed by atoms with Crippen molar-refractivity contribution in [3.8, 4) is 22.6 Å². The number of phenolic OH excluding ortho intramolecular Hbond substituents is 1. The lowest BCUT2D eigenvalue weighted by molar-refractivity contribution is -0.137. The summed E-state index contributed by atoms with van der Waals surface area (Å²) in [6, 6.07) is 14.9. The smallest absolute Gasteiger partial charge is 0.303 e. The molecule has 104 valence electrons. The van der Waals surface area contributed by atoms with E-state index in [1.807, 2.05) is 36.4 Å². The molecule has 0 saturated carbocycles. The zero-order chi connectivity index (χ0) is 14.4. The molecule has 0 heterocycles. The Hall–Kier alpha value is -2.49. The summed E-state index contributed by atoms with van der Waals surface area (Å²) in [4.78, 5) is 10.4. The summed E-state index contributed by atoms with van der Waals surface area (Å²) in [5, 5.41) is 18.3. The first-order chi connectivity index (χ1) is 9.66. The molecule has 0 aliphatic rings. The average molecular weight is 272 g/mol. The molecule has 20 heavy (non-hydrogen) atoms. The number of rotatable bonds is 6. The lowest BCUT2D eigenvalue weighted by Crippen LogP contribution is -2.02. The van der Waals surface area contributed by atoms with Crippen molar-refractivity contribution in [2.45, 2.75) is 12.8 Å². The van der Waals surface area contributed by atoms with Crippen molar-refractivity contribution in [3.05, 3.63) is 48.5 Å². The normalized spacial score (nSPS) is 10.2. The maximum absolute atomic E-state index is 10.4. The fraction of sp³-hybridized carbons (Fsp3) is 0.188. The van der Waals surface area contributed by atoms with E-state index in [2.05, 4.69) is 0 Å². The first kappa shape index (κ1) is 13.9. The van der Waals surface area contributed by atoms with Crippen LogP contribution in [0, 0.1) is 0 Å². The van der Waals surface area contributed by atoms with Gasteiger partial charge in [0, 0.05) is 6.42 Å². The molecule has 0 aromatic heterocycles. The summed E-state index contributed by atoms with van der Waals surface area (Å²) < 4.78 is 5.44. The van der Waals surface area contributed by atoms with E-state index >= 15 is 0 Å². The second-order valence-electron chi connectivity index (χ2n) is 4.39. The van der Waals surface area contributed by atoms with Crippen molar-refractivity contribution in [1.82, 2.24) is 0 Å². The monoisotopic (exact) mass is 272 g/mol. The van der Waals surface area contributed by atoms with E-state index in [0.717, 1.165) is 11.1 Å². The molecule has 0 atom stereocenters. The summed E-state index contributed by atoms with van der Waals surface area (Å²) in [6.45, 7) is 0.262. The Bertz CT molecular complexity index is 578. The average Bonchev–Trinajstić information content (AvgIpc) is 2.46. The summed E-state index contributed by atoms with van der Waals surface area (Å²) in [5.74, 6) is -0.424. The van der Waals surface area contributed by atoms with Crippen LogP contribution in [0.1, 0.15) is 12.8 Å². The van der Waals surface area contributed by atoms with Crippen molar-refractivity contribution in [2.75, 3.05) is 6.61 Å². The molecular formula is C16H16O4. The number of benzene rings is 2. The van der Waals surface area contributed by atoms with Crippen molar-refractivity contribution < 1.29 is 19.7 Å². The summed E-state index contributed by atoms with van der Waals surface area (Å²) >= 11 is 0. The van der Waals surface area contributed by atoms with Crippen LogP contribution >= 0.6 is 0 Å². The van der Waals surface area contributed by atoms with Gasteiger partial charge in [0.05, 0.1) is 6.61 Å². The highest BCUT2D eigenvalue weighted by Crippen LogP contribution is 2.31. The third kappa shape index (κ3) is 3.75. The maximum Gasteiger partial charge on any atom is 0.303 e. The lowest BCUT2D eigenvalue weighted by Gasteiger charge is -2.09. The van der Waals surface area contributed by atoms with Crippen LogP contribution in [0.15, 0.2) is 48.5 Å². The first-order valence-electron chi connectivity index (χ1n) is 6.40. The van der Waals surface area contributed by atoms with Crippen LogP contribution < -0.4 is 4.74 Å². The van der Waals surface area contributed by atoms with E-state index in [0.29, 0.717) is 12.2 Å². The largest absolute Gasteiger partial charge is 0.504 e. The van der Waals surface area contributed by atoms with Crippen LogP contribution in [0.2, 0.25) is 0 Å². The van der Waals surface area contributed by atoms with Crippen LogP contribution in [0.3, 0.4) is 0 Å². The van der Waals surface area contributed by atoms with Gasteiger partial charge in [0.15, 0.2) is 11.5 Å². The molecule has 0 aliphatic carbocycles. The molecule has 2 N–H and O–H groups in total. The SMILES string of the molecule is O=C(O)CCCOc1cc(-c2ccccc2)ccc1O. The minimum absolute atomic E-state index is 0.0547. The Balaban J connectivity index is 2.07. The van der Waals surface area contributed by atoms with E-state index in [-0.39, 0.29) is 18.8 Å². The number of carboxylic acid groups (broad SMARTS) is 1. The van der Waals surface area contributed by atoms with E-state index in [1.165, 1.54) is 0 Å². The van der Waals surface area contributed by atoms with E-state index in [9.17, 15) is 9.90 Å². The topological polar surface area (TPSA) is 66.8 Å². The van der Waals surface area contributed by atoms with Gasteiger partial charge in [-0.25, -0.2) is 0 Å². The Labute approximate surface area is 117 Å². The number of ether oxygens (including phenoxy) is 1.